The molecule has 2 rings (SSSR count). The molecule has 9 heteroatoms. The van der Waals surface area contributed by atoms with E-state index in [2.05, 4.69) is 5.10 Å². The molecule has 124 valence electrons. The van der Waals surface area contributed by atoms with Gasteiger partial charge in [0.1, 0.15) is 6.54 Å². The highest BCUT2D eigenvalue weighted by Crippen LogP contribution is 2.39. The number of amides is 1. The zero-order valence-corrected chi connectivity index (χ0v) is 13.1. The van der Waals surface area contributed by atoms with Crippen molar-refractivity contribution in [3.63, 3.8) is 0 Å². The number of carbonyl (C=O) groups is 1. The third-order valence-electron chi connectivity index (χ3n) is 3.20. The highest BCUT2D eigenvalue weighted by molar-refractivity contribution is 6.33. The van der Waals surface area contributed by atoms with E-state index in [9.17, 15) is 18.0 Å². The van der Waals surface area contributed by atoms with Crippen LogP contribution in [0.15, 0.2) is 24.5 Å². The second-order valence-corrected chi connectivity index (χ2v) is 5.54. The fourth-order valence-electron chi connectivity index (χ4n) is 1.90. The number of likely N-dealkylation sites (N-methyl/N-ethyl adjacent to an activating group) is 1. The van der Waals surface area contributed by atoms with Gasteiger partial charge in [-0.15, -0.1) is 0 Å². The predicted molar refractivity (Wildman–Crippen MR) is 80.8 cm³/mol. The van der Waals surface area contributed by atoms with Gasteiger partial charge in [0, 0.05) is 25.9 Å². The van der Waals surface area contributed by atoms with Gasteiger partial charge in [0.05, 0.1) is 22.5 Å². The Morgan fingerprint density at radius 2 is 2.00 bits per heavy atom. The molecule has 0 saturated carbocycles. The molecule has 2 aromatic rings. The van der Waals surface area contributed by atoms with E-state index in [0.717, 1.165) is 6.07 Å². The average molecular weight is 347 g/mol. The van der Waals surface area contributed by atoms with E-state index in [1.807, 2.05) is 0 Å². The van der Waals surface area contributed by atoms with Gasteiger partial charge in [-0.3, -0.25) is 9.48 Å². The number of carbonyl (C=O) groups excluding carboxylic acids is 1. The summed E-state index contributed by atoms with van der Waals surface area (Å²) in [5, 5.41) is 3.78. The van der Waals surface area contributed by atoms with Crippen molar-refractivity contribution in [1.29, 1.82) is 0 Å². The molecule has 0 unspecified atom stereocenters. The number of hydrogen-bond acceptors (Lipinski definition) is 3. The largest absolute Gasteiger partial charge is 0.418 e. The zero-order valence-electron chi connectivity index (χ0n) is 12.4. The van der Waals surface area contributed by atoms with Crippen LogP contribution >= 0.6 is 11.6 Å². The van der Waals surface area contributed by atoms with E-state index in [-0.39, 0.29) is 23.0 Å². The average Bonchev–Trinajstić information content (AvgIpc) is 2.88. The van der Waals surface area contributed by atoms with Crippen LogP contribution in [-0.2, 0) is 17.5 Å². The Bertz CT molecular complexity index is 740. The molecular weight excluding hydrogens is 333 g/mol. The second-order valence-electron chi connectivity index (χ2n) is 5.13. The van der Waals surface area contributed by atoms with Gasteiger partial charge >= 0.3 is 6.18 Å². The molecule has 1 heterocycles. The van der Waals surface area contributed by atoms with Crippen molar-refractivity contribution < 1.29 is 18.0 Å². The quantitative estimate of drug-likeness (QED) is 0.869. The van der Waals surface area contributed by atoms with Crippen LogP contribution in [0.1, 0.15) is 5.56 Å². The summed E-state index contributed by atoms with van der Waals surface area (Å²) in [6.45, 7) is -0.0121. The molecule has 0 spiro atoms. The summed E-state index contributed by atoms with van der Waals surface area (Å²) in [6.07, 6.45) is -1.77. The van der Waals surface area contributed by atoms with Crippen molar-refractivity contribution >= 4 is 23.2 Å². The molecule has 1 aromatic heterocycles. The number of nitrogens with two attached hydrogens (primary N) is 1. The molecule has 0 bridgehead atoms. The topological polar surface area (TPSA) is 64.2 Å². The van der Waals surface area contributed by atoms with E-state index in [1.54, 1.807) is 14.1 Å². The van der Waals surface area contributed by atoms with Gasteiger partial charge in [-0.25, -0.2) is 0 Å². The minimum absolute atomic E-state index is 0.0121. The predicted octanol–water partition coefficient (Wildman–Crippen LogP) is 2.89. The van der Waals surface area contributed by atoms with Crippen LogP contribution in [0.3, 0.4) is 0 Å². The van der Waals surface area contributed by atoms with E-state index in [0.29, 0.717) is 5.56 Å². The summed E-state index contributed by atoms with van der Waals surface area (Å²) in [5.74, 6) is -0.189. The van der Waals surface area contributed by atoms with Gasteiger partial charge in [0.2, 0.25) is 5.91 Å². The van der Waals surface area contributed by atoms with E-state index in [1.165, 1.54) is 28.0 Å². The Hall–Kier alpha value is -2.22. The minimum atomic E-state index is -4.61. The third kappa shape index (κ3) is 3.76. The van der Waals surface area contributed by atoms with E-state index < -0.39 is 17.4 Å². The van der Waals surface area contributed by atoms with Gasteiger partial charge < -0.3 is 10.6 Å². The molecule has 0 aliphatic carbocycles. The molecule has 0 aliphatic heterocycles. The molecule has 2 N–H and O–H groups in total. The van der Waals surface area contributed by atoms with Crippen LogP contribution in [0.25, 0.3) is 11.1 Å². The van der Waals surface area contributed by atoms with Crippen molar-refractivity contribution in [2.24, 2.45) is 0 Å². The second kappa shape index (κ2) is 6.11. The summed E-state index contributed by atoms with van der Waals surface area (Å²) >= 11 is 5.79. The van der Waals surface area contributed by atoms with Crippen molar-refractivity contribution in [2.45, 2.75) is 12.7 Å². The number of hydrogen-bond donors (Lipinski definition) is 1. The molecule has 1 aromatic carbocycles. The number of halogens is 4. The van der Waals surface area contributed by atoms with Crippen LogP contribution in [0.2, 0.25) is 5.02 Å². The number of benzene rings is 1. The molecule has 23 heavy (non-hydrogen) atoms. The lowest BCUT2D eigenvalue weighted by atomic mass is 10.0. The van der Waals surface area contributed by atoms with Crippen molar-refractivity contribution in [3.8, 4) is 11.1 Å². The minimum Gasteiger partial charge on any atom is -0.397 e. The number of anilines is 1. The van der Waals surface area contributed by atoms with Crippen LogP contribution < -0.4 is 5.73 Å². The van der Waals surface area contributed by atoms with Gasteiger partial charge in [0.25, 0.3) is 0 Å². The maximum atomic E-state index is 13.0. The lowest BCUT2D eigenvalue weighted by Gasteiger charge is -2.13. The molecule has 0 aliphatic rings. The standard InChI is InChI=1S/C14H14ClF3N4O/c1-21(2)12(23)7-22-6-9(5-20-22)8-3-10(14(16,17)18)13(19)11(15)4-8/h3-6H,7,19H2,1-2H3. The van der Waals surface area contributed by atoms with Crippen LogP contribution in [0.4, 0.5) is 18.9 Å². The number of nitrogen functional groups attached to an aromatic ring is 1. The Kier molecular flexibility index (Phi) is 4.56. The van der Waals surface area contributed by atoms with Crippen molar-refractivity contribution in [1.82, 2.24) is 14.7 Å². The maximum Gasteiger partial charge on any atom is 0.418 e. The number of alkyl halides is 3. The molecule has 1 amide bonds. The summed E-state index contributed by atoms with van der Waals surface area (Å²) in [7, 11) is 3.20. The number of aromatic nitrogens is 2. The van der Waals surface area contributed by atoms with Crippen LogP contribution in [0.5, 0.6) is 0 Å². The fourth-order valence-corrected chi connectivity index (χ4v) is 2.12. The smallest absolute Gasteiger partial charge is 0.397 e. The first-order chi connectivity index (χ1) is 10.6. The number of rotatable bonds is 3. The molecular formula is C14H14ClF3N4O. The Morgan fingerprint density at radius 1 is 1.35 bits per heavy atom. The van der Waals surface area contributed by atoms with Crippen LogP contribution in [-0.4, -0.2) is 34.7 Å². The summed E-state index contributed by atoms with van der Waals surface area (Å²) in [5.41, 5.74) is 4.51. The molecule has 0 radical (unpaired) electrons. The van der Waals surface area contributed by atoms with Crippen molar-refractivity contribution in [3.05, 3.63) is 35.1 Å². The molecule has 0 fully saturated rings. The van der Waals surface area contributed by atoms with Crippen molar-refractivity contribution in [2.75, 3.05) is 19.8 Å². The highest BCUT2D eigenvalue weighted by atomic mass is 35.5. The molecule has 5 nitrogen and oxygen atoms in total. The van der Waals surface area contributed by atoms with Gasteiger partial charge in [0.15, 0.2) is 0 Å². The lowest BCUT2D eigenvalue weighted by molar-refractivity contribution is -0.136. The van der Waals surface area contributed by atoms with E-state index in [4.69, 9.17) is 17.3 Å². The maximum absolute atomic E-state index is 13.0. The zero-order chi connectivity index (χ0) is 17.4. The Morgan fingerprint density at radius 3 is 2.57 bits per heavy atom. The van der Waals surface area contributed by atoms with Crippen LogP contribution in [0, 0.1) is 0 Å². The normalized spacial score (nSPS) is 11.6. The number of nitrogens with zero attached hydrogens (tertiary/aromatic N) is 3. The molecule has 0 atom stereocenters. The van der Waals surface area contributed by atoms with Gasteiger partial charge in [-0.1, -0.05) is 11.6 Å². The Balaban J connectivity index is 2.38. The van der Waals surface area contributed by atoms with Gasteiger partial charge in [-0.05, 0) is 17.7 Å². The monoisotopic (exact) mass is 346 g/mol. The summed E-state index contributed by atoms with van der Waals surface area (Å²) in [6, 6.07) is 2.25. The third-order valence-corrected chi connectivity index (χ3v) is 3.51. The Labute approximate surface area is 135 Å². The summed E-state index contributed by atoms with van der Waals surface area (Å²) in [4.78, 5) is 13.0. The molecule has 0 saturated heterocycles. The van der Waals surface area contributed by atoms with E-state index >= 15 is 0 Å². The SMILES string of the molecule is CN(C)C(=O)Cn1cc(-c2cc(Cl)c(N)c(C(F)(F)F)c2)cn1. The fraction of sp³-hybridized carbons (Fsp3) is 0.286. The lowest BCUT2D eigenvalue weighted by Crippen LogP contribution is -2.26. The first-order valence-electron chi connectivity index (χ1n) is 6.48. The summed E-state index contributed by atoms with van der Waals surface area (Å²) < 4.78 is 40.3. The van der Waals surface area contributed by atoms with Gasteiger partial charge in [-0.2, -0.15) is 18.3 Å². The first-order valence-corrected chi connectivity index (χ1v) is 6.86. The highest BCUT2D eigenvalue weighted by Gasteiger charge is 2.34. The first kappa shape index (κ1) is 17.1.